The van der Waals surface area contributed by atoms with E-state index in [4.69, 9.17) is 16.1 Å². The number of carbonyl (C=O) groups is 1. The third-order valence-corrected chi connectivity index (χ3v) is 3.66. The topological polar surface area (TPSA) is 111 Å². The molecule has 0 radical (unpaired) electrons. The third-order valence-electron chi connectivity index (χ3n) is 3.66. The van der Waals surface area contributed by atoms with Gasteiger partial charge in [0.05, 0.1) is 11.4 Å². The predicted molar refractivity (Wildman–Crippen MR) is 70.3 cm³/mol. The molecule has 0 spiro atoms. The first-order valence-corrected chi connectivity index (χ1v) is 6.22. The van der Waals surface area contributed by atoms with Crippen molar-refractivity contribution in [3.8, 4) is 0 Å². The second kappa shape index (κ2) is 4.42. The second-order valence-electron chi connectivity index (χ2n) is 4.80. The molecule has 100 valence electrons. The quantitative estimate of drug-likeness (QED) is 0.762. The molecule has 7 nitrogen and oxygen atoms in total. The van der Waals surface area contributed by atoms with Crippen molar-refractivity contribution in [2.75, 3.05) is 23.7 Å². The van der Waals surface area contributed by atoms with Crippen LogP contribution in [0.5, 0.6) is 0 Å². The van der Waals surface area contributed by atoms with Crippen molar-refractivity contribution in [2.45, 2.75) is 12.8 Å². The summed E-state index contributed by atoms with van der Waals surface area (Å²) < 4.78 is 4.76. The zero-order chi connectivity index (χ0) is 13.4. The van der Waals surface area contributed by atoms with E-state index in [1.54, 1.807) is 6.07 Å². The molecule has 3 rings (SSSR count). The largest absolute Gasteiger partial charge is 0.397 e. The molecule has 0 saturated carbocycles. The van der Waals surface area contributed by atoms with E-state index < -0.39 is 0 Å². The maximum atomic E-state index is 11.2. The highest BCUT2D eigenvalue weighted by atomic mass is 16.6. The Kier molecular flexibility index (Phi) is 2.73. The number of carbonyl (C=O) groups excluding carboxylic acids is 1. The first-order valence-electron chi connectivity index (χ1n) is 6.22. The summed E-state index contributed by atoms with van der Waals surface area (Å²) in [6, 6.07) is 3.70. The van der Waals surface area contributed by atoms with Crippen molar-refractivity contribution in [1.29, 1.82) is 0 Å². The summed E-state index contributed by atoms with van der Waals surface area (Å²) in [5, 5.41) is 7.71. The smallest absolute Gasteiger partial charge is 0.220 e. The van der Waals surface area contributed by atoms with Crippen LogP contribution in [-0.2, 0) is 4.79 Å². The highest BCUT2D eigenvalue weighted by Gasteiger charge is 2.25. The first kappa shape index (κ1) is 11.8. The average Bonchev–Trinajstić information content (AvgIpc) is 2.89. The van der Waals surface area contributed by atoms with Crippen LogP contribution in [-0.4, -0.2) is 29.3 Å². The van der Waals surface area contributed by atoms with Crippen molar-refractivity contribution >= 4 is 28.3 Å². The van der Waals surface area contributed by atoms with Gasteiger partial charge in [0, 0.05) is 19.0 Å². The Hall–Kier alpha value is -2.31. The van der Waals surface area contributed by atoms with Gasteiger partial charge in [-0.05, 0) is 35.3 Å². The molecule has 0 unspecified atom stereocenters. The molecule has 1 aromatic carbocycles. The van der Waals surface area contributed by atoms with Gasteiger partial charge in [-0.25, -0.2) is 4.63 Å². The third kappa shape index (κ3) is 1.96. The van der Waals surface area contributed by atoms with Crippen molar-refractivity contribution in [2.24, 2.45) is 11.7 Å². The lowest BCUT2D eigenvalue weighted by molar-refractivity contribution is -0.122. The number of aromatic nitrogens is 2. The SMILES string of the molecule is NC(=O)C1CCN(c2ccc(N)c3nonc23)CC1. The van der Waals surface area contributed by atoms with E-state index in [0.717, 1.165) is 31.6 Å². The fraction of sp³-hybridized carbons (Fsp3) is 0.417. The molecule has 1 fully saturated rings. The highest BCUT2D eigenvalue weighted by Crippen LogP contribution is 2.31. The summed E-state index contributed by atoms with van der Waals surface area (Å²) in [6.07, 6.45) is 1.51. The van der Waals surface area contributed by atoms with Crippen molar-refractivity contribution in [3.63, 3.8) is 0 Å². The zero-order valence-electron chi connectivity index (χ0n) is 10.4. The van der Waals surface area contributed by atoms with Crippen LogP contribution < -0.4 is 16.4 Å². The molecule has 1 aliphatic heterocycles. The van der Waals surface area contributed by atoms with Gasteiger partial charge in [-0.1, -0.05) is 0 Å². The van der Waals surface area contributed by atoms with E-state index in [-0.39, 0.29) is 11.8 Å². The van der Waals surface area contributed by atoms with E-state index in [0.29, 0.717) is 16.7 Å². The Labute approximate surface area is 109 Å². The van der Waals surface area contributed by atoms with Gasteiger partial charge < -0.3 is 16.4 Å². The summed E-state index contributed by atoms with van der Waals surface area (Å²) in [6.45, 7) is 1.53. The predicted octanol–water partition coefficient (Wildman–Crippen LogP) is 0.507. The summed E-state index contributed by atoms with van der Waals surface area (Å²) in [5.74, 6) is -0.249. The number of rotatable bonds is 2. The number of anilines is 2. The van der Waals surface area contributed by atoms with Gasteiger partial charge in [-0.15, -0.1) is 0 Å². The summed E-state index contributed by atoms with van der Waals surface area (Å²) in [4.78, 5) is 13.3. The van der Waals surface area contributed by atoms with Gasteiger partial charge in [0.2, 0.25) is 5.91 Å². The van der Waals surface area contributed by atoms with Crippen LogP contribution in [0.3, 0.4) is 0 Å². The molecule has 1 amide bonds. The lowest BCUT2D eigenvalue weighted by Gasteiger charge is -2.32. The highest BCUT2D eigenvalue weighted by molar-refractivity contribution is 5.95. The molecular weight excluding hydrogens is 246 g/mol. The van der Waals surface area contributed by atoms with Crippen LogP contribution in [0.25, 0.3) is 11.0 Å². The molecule has 0 aliphatic carbocycles. The molecular formula is C12H15N5O2. The zero-order valence-corrected chi connectivity index (χ0v) is 10.4. The van der Waals surface area contributed by atoms with Crippen LogP contribution in [0, 0.1) is 5.92 Å². The van der Waals surface area contributed by atoms with E-state index in [9.17, 15) is 4.79 Å². The van der Waals surface area contributed by atoms with Gasteiger partial charge in [-0.3, -0.25) is 4.79 Å². The van der Waals surface area contributed by atoms with E-state index >= 15 is 0 Å². The molecule has 1 saturated heterocycles. The van der Waals surface area contributed by atoms with Crippen LogP contribution in [0.4, 0.5) is 11.4 Å². The molecule has 0 bridgehead atoms. The molecule has 2 aromatic rings. The number of amides is 1. The van der Waals surface area contributed by atoms with Gasteiger partial charge in [0.25, 0.3) is 0 Å². The molecule has 2 heterocycles. The van der Waals surface area contributed by atoms with Gasteiger partial charge >= 0.3 is 0 Å². The number of benzene rings is 1. The number of nitrogens with zero attached hydrogens (tertiary/aromatic N) is 3. The Morgan fingerprint density at radius 2 is 1.95 bits per heavy atom. The maximum Gasteiger partial charge on any atom is 0.220 e. The maximum absolute atomic E-state index is 11.2. The number of nitrogen functional groups attached to an aromatic ring is 1. The van der Waals surface area contributed by atoms with Crippen LogP contribution >= 0.6 is 0 Å². The minimum Gasteiger partial charge on any atom is -0.397 e. The number of hydrogen-bond donors (Lipinski definition) is 2. The summed E-state index contributed by atoms with van der Waals surface area (Å²) in [7, 11) is 0. The van der Waals surface area contributed by atoms with E-state index in [1.165, 1.54) is 0 Å². The fourth-order valence-electron chi connectivity index (χ4n) is 2.53. The summed E-state index contributed by atoms with van der Waals surface area (Å²) >= 11 is 0. The molecule has 1 aliphatic rings. The van der Waals surface area contributed by atoms with Crippen LogP contribution in [0.15, 0.2) is 16.8 Å². The Balaban J connectivity index is 1.88. The molecule has 7 heteroatoms. The number of nitrogens with two attached hydrogens (primary N) is 2. The molecule has 4 N–H and O–H groups in total. The van der Waals surface area contributed by atoms with Gasteiger partial charge in [0.1, 0.15) is 0 Å². The minimum atomic E-state index is -0.217. The van der Waals surface area contributed by atoms with Crippen LogP contribution in [0.1, 0.15) is 12.8 Å². The van der Waals surface area contributed by atoms with Crippen molar-refractivity contribution < 1.29 is 9.42 Å². The monoisotopic (exact) mass is 261 g/mol. The number of hydrogen-bond acceptors (Lipinski definition) is 6. The first-order chi connectivity index (χ1) is 9.16. The number of piperidine rings is 1. The van der Waals surface area contributed by atoms with E-state index in [1.807, 2.05) is 6.07 Å². The van der Waals surface area contributed by atoms with Crippen molar-refractivity contribution in [1.82, 2.24) is 10.3 Å². The number of primary amides is 1. The molecule has 19 heavy (non-hydrogen) atoms. The standard InChI is InChI=1S/C12H15N5O2/c13-8-1-2-9(11-10(8)15-19-16-11)17-5-3-7(4-6-17)12(14)18/h1-2,7H,3-6,13H2,(H2,14,18). The minimum absolute atomic E-state index is 0.0315. The fourth-order valence-corrected chi connectivity index (χ4v) is 2.53. The Morgan fingerprint density at radius 3 is 2.63 bits per heavy atom. The van der Waals surface area contributed by atoms with Gasteiger partial charge in [-0.2, -0.15) is 0 Å². The molecule has 0 atom stereocenters. The lowest BCUT2D eigenvalue weighted by Crippen LogP contribution is -2.38. The van der Waals surface area contributed by atoms with Crippen LogP contribution in [0.2, 0.25) is 0 Å². The Bertz CT molecular complexity index is 616. The summed E-state index contributed by atoms with van der Waals surface area (Å²) in [5.41, 5.74) is 13.9. The van der Waals surface area contributed by atoms with Gasteiger partial charge in [0.15, 0.2) is 11.0 Å². The average molecular weight is 261 g/mol. The second-order valence-corrected chi connectivity index (χ2v) is 4.80. The lowest BCUT2D eigenvalue weighted by atomic mass is 9.96. The van der Waals surface area contributed by atoms with Crippen molar-refractivity contribution in [3.05, 3.63) is 12.1 Å². The molecule has 1 aromatic heterocycles. The Morgan fingerprint density at radius 1 is 1.26 bits per heavy atom. The van der Waals surface area contributed by atoms with E-state index in [2.05, 4.69) is 15.2 Å². The normalized spacial score (nSPS) is 16.9. The number of fused-ring (bicyclic) bond motifs is 1.